The molecule has 21 unspecified atom stereocenters. The summed E-state index contributed by atoms with van der Waals surface area (Å²) in [6, 6.07) is 0. The van der Waals surface area contributed by atoms with E-state index < -0.39 is 90.1 Å². The molecule has 0 spiro atoms. The van der Waals surface area contributed by atoms with Crippen molar-refractivity contribution in [2.45, 2.75) is 199 Å². The van der Waals surface area contributed by atoms with Gasteiger partial charge in [0, 0.05) is 5.92 Å². The van der Waals surface area contributed by atoms with Gasteiger partial charge in [0.1, 0.15) is 24.4 Å². The summed E-state index contributed by atoms with van der Waals surface area (Å²) in [5.41, 5.74) is -3.11. The first-order valence-electron chi connectivity index (χ1n) is 21.1. The number of hydrogen-bond donors (Lipinski definition) is 8. The highest BCUT2D eigenvalue weighted by Gasteiger charge is 2.74. The van der Waals surface area contributed by atoms with E-state index in [2.05, 4.69) is 41.5 Å². The lowest BCUT2D eigenvalue weighted by atomic mass is 9.34. The van der Waals surface area contributed by atoms with Gasteiger partial charge in [0.2, 0.25) is 0 Å². The van der Waals surface area contributed by atoms with Crippen molar-refractivity contribution in [3.05, 3.63) is 0 Å². The molecule has 55 heavy (non-hydrogen) atoms. The maximum atomic E-state index is 12.4. The van der Waals surface area contributed by atoms with Crippen LogP contribution in [0, 0.1) is 51.2 Å². The Balaban J connectivity index is 1.25. The molecule has 0 aromatic carbocycles. The molecule has 3 aliphatic heterocycles. The third-order valence-electron chi connectivity index (χ3n) is 17.4. The van der Waals surface area contributed by atoms with E-state index in [9.17, 15) is 40.9 Å². The fourth-order valence-electron chi connectivity index (χ4n) is 14.1. The molecule has 0 aromatic heterocycles. The fourth-order valence-corrected chi connectivity index (χ4v) is 14.1. The van der Waals surface area contributed by atoms with Crippen molar-refractivity contribution in [3.63, 3.8) is 0 Å². The highest BCUT2D eigenvalue weighted by atomic mass is 16.8. The van der Waals surface area contributed by atoms with Gasteiger partial charge < -0.3 is 64.5 Å². The Labute approximate surface area is 327 Å². The molecule has 4 aliphatic carbocycles. The molecular formula is C42H72O13. The van der Waals surface area contributed by atoms with Crippen LogP contribution in [-0.4, -0.2) is 139 Å². The number of hydrogen-bond acceptors (Lipinski definition) is 13. The van der Waals surface area contributed by atoms with Crippen LogP contribution in [0.25, 0.3) is 0 Å². The quantitative estimate of drug-likeness (QED) is 0.175. The Bertz CT molecular complexity index is 1390. The first-order chi connectivity index (χ1) is 25.4. The third-order valence-corrected chi connectivity index (χ3v) is 17.4. The molecule has 4 saturated carbocycles. The number of aliphatic hydroxyl groups is 8. The van der Waals surface area contributed by atoms with Crippen molar-refractivity contribution in [2.24, 2.45) is 51.2 Å². The van der Waals surface area contributed by atoms with Crippen LogP contribution in [0.4, 0.5) is 0 Å². The van der Waals surface area contributed by atoms with Gasteiger partial charge in [-0.1, -0.05) is 41.5 Å². The van der Waals surface area contributed by atoms with Crippen LogP contribution in [0.2, 0.25) is 0 Å². The van der Waals surface area contributed by atoms with Crippen molar-refractivity contribution in [2.75, 3.05) is 13.2 Å². The normalized spacial score (nSPS) is 56.8. The number of aliphatic hydroxyl groups excluding tert-OH is 7. The molecule has 7 rings (SSSR count). The number of fused-ring (bicyclic) bond motifs is 5. The lowest BCUT2D eigenvalue weighted by molar-refractivity contribution is -0.372. The van der Waals surface area contributed by atoms with Crippen LogP contribution >= 0.6 is 0 Å². The van der Waals surface area contributed by atoms with E-state index in [1.807, 2.05) is 0 Å². The highest BCUT2D eigenvalue weighted by molar-refractivity contribution is 5.22. The number of ether oxygens (including phenoxy) is 5. The molecule has 0 amide bonds. The predicted octanol–water partition coefficient (Wildman–Crippen LogP) is 2.25. The van der Waals surface area contributed by atoms with Crippen molar-refractivity contribution in [1.82, 2.24) is 0 Å². The third kappa shape index (κ3) is 6.52. The summed E-state index contributed by atoms with van der Waals surface area (Å²) in [6.07, 6.45) is -6.27. The van der Waals surface area contributed by atoms with Crippen LogP contribution in [0.15, 0.2) is 0 Å². The van der Waals surface area contributed by atoms with E-state index in [4.69, 9.17) is 23.7 Å². The minimum absolute atomic E-state index is 0.0579. The van der Waals surface area contributed by atoms with Gasteiger partial charge in [-0.25, -0.2) is 0 Å². The lowest BCUT2D eigenvalue weighted by Crippen LogP contribution is -2.71. The maximum Gasteiger partial charge on any atom is 0.187 e. The van der Waals surface area contributed by atoms with Crippen LogP contribution in [0.1, 0.15) is 114 Å². The number of rotatable bonds is 7. The SMILES string of the molecule is CC1C(CO)OC(OC2CC3(C)C(CC(O)C4C(C5(C)CCC(C(C)(C)O)O5)CCC43C)C3(C)CCC(O)C(C)(C)C23)C(OC2OCC(O)C(O)C2O)C1O. The van der Waals surface area contributed by atoms with Gasteiger partial charge in [0.05, 0.1) is 61.0 Å². The molecule has 3 heterocycles. The largest absolute Gasteiger partial charge is 0.394 e. The Morgan fingerprint density at radius 1 is 0.782 bits per heavy atom. The van der Waals surface area contributed by atoms with E-state index >= 15 is 0 Å². The monoisotopic (exact) mass is 784 g/mol. The Hall–Kier alpha value is -0.520. The van der Waals surface area contributed by atoms with Gasteiger partial charge in [0.15, 0.2) is 12.6 Å². The summed E-state index contributed by atoms with van der Waals surface area (Å²) in [5.74, 6) is -0.650. The van der Waals surface area contributed by atoms with Crippen molar-refractivity contribution < 1.29 is 64.5 Å². The molecule has 7 fully saturated rings. The summed E-state index contributed by atoms with van der Waals surface area (Å²) >= 11 is 0. The van der Waals surface area contributed by atoms with E-state index in [-0.39, 0.29) is 59.2 Å². The van der Waals surface area contributed by atoms with Crippen LogP contribution < -0.4 is 0 Å². The minimum atomic E-state index is -1.60. The Kier molecular flexibility index (Phi) is 11.1. The summed E-state index contributed by atoms with van der Waals surface area (Å²) in [7, 11) is 0. The minimum Gasteiger partial charge on any atom is -0.394 e. The standard InChI is InChI=1S/C42H72O13/c1-20-25(18-43)53-36(33(30(20)47)54-35-32(49)31(48)23(45)19-51-35)52-24-17-41(8)26(39(6)13-11-27(46)37(2,3)34(24)39)16-22(44)29-21(10-14-40(29,41)7)42(9)15-12-28(55-42)38(4,5)50/h20-36,43-50H,10-19H2,1-9H3. The fraction of sp³-hybridized carbons (Fsp3) is 1.00. The zero-order chi connectivity index (χ0) is 40.4. The van der Waals surface area contributed by atoms with Crippen molar-refractivity contribution in [3.8, 4) is 0 Å². The topological polar surface area (TPSA) is 208 Å². The van der Waals surface area contributed by atoms with E-state index in [0.717, 1.165) is 32.1 Å². The lowest BCUT2D eigenvalue weighted by Gasteiger charge is -2.72. The second kappa shape index (κ2) is 14.3. The van der Waals surface area contributed by atoms with Gasteiger partial charge in [-0.15, -0.1) is 0 Å². The molecule has 21 atom stereocenters. The average molecular weight is 785 g/mol. The molecule has 0 bridgehead atoms. The van der Waals surface area contributed by atoms with Gasteiger partial charge in [-0.05, 0) is 117 Å². The van der Waals surface area contributed by atoms with E-state index in [1.54, 1.807) is 20.8 Å². The van der Waals surface area contributed by atoms with Gasteiger partial charge in [-0.3, -0.25) is 0 Å². The molecule has 3 saturated heterocycles. The first kappa shape index (κ1) is 42.6. The van der Waals surface area contributed by atoms with Crippen LogP contribution in [-0.2, 0) is 23.7 Å². The molecule has 0 aromatic rings. The zero-order valence-corrected chi connectivity index (χ0v) is 34.5. The summed E-state index contributed by atoms with van der Waals surface area (Å²) < 4.78 is 32.2. The van der Waals surface area contributed by atoms with E-state index in [0.29, 0.717) is 19.3 Å². The molecular weight excluding hydrogens is 712 g/mol. The Morgan fingerprint density at radius 2 is 1.47 bits per heavy atom. The predicted molar refractivity (Wildman–Crippen MR) is 199 cm³/mol. The van der Waals surface area contributed by atoms with Crippen molar-refractivity contribution in [1.29, 1.82) is 0 Å². The van der Waals surface area contributed by atoms with E-state index in [1.165, 1.54) is 0 Å². The molecule has 13 heteroatoms. The molecule has 13 nitrogen and oxygen atoms in total. The average Bonchev–Trinajstić information content (AvgIpc) is 3.70. The molecule has 8 N–H and O–H groups in total. The van der Waals surface area contributed by atoms with Crippen LogP contribution in [0.3, 0.4) is 0 Å². The second-order valence-corrected chi connectivity index (χ2v) is 21.1. The zero-order valence-electron chi connectivity index (χ0n) is 34.5. The highest BCUT2D eigenvalue weighted by Crippen LogP contribution is 2.76. The van der Waals surface area contributed by atoms with Gasteiger partial charge in [-0.2, -0.15) is 0 Å². The first-order valence-corrected chi connectivity index (χ1v) is 21.1. The van der Waals surface area contributed by atoms with Crippen LogP contribution in [0.5, 0.6) is 0 Å². The molecule has 318 valence electrons. The molecule has 7 aliphatic rings. The summed E-state index contributed by atoms with van der Waals surface area (Å²) in [5, 5.41) is 88.4. The van der Waals surface area contributed by atoms with Gasteiger partial charge >= 0.3 is 0 Å². The molecule has 0 radical (unpaired) electrons. The summed E-state index contributed by atoms with van der Waals surface area (Å²) in [4.78, 5) is 0. The summed E-state index contributed by atoms with van der Waals surface area (Å²) in [6.45, 7) is 18.1. The Morgan fingerprint density at radius 3 is 2.11 bits per heavy atom. The smallest absolute Gasteiger partial charge is 0.187 e. The maximum absolute atomic E-state index is 12.4. The van der Waals surface area contributed by atoms with Crippen molar-refractivity contribution >= 4 is 0 Å². The second-order valence-electron chi connectivity index (χ2n) is 21.1. The van der Waals surface area contributed by atoms with Gasteiger partial charge in [0.25, 0.3) is 0 Å².